The van der Waals surface area contributed by atoms with E-state index < -0.39 is 0 Å². The van der Waals surface area contributed by atoms with E-state index in [-0.39, 0.29) is 48.0 Å². The van der Waals surface area contributed by atoms with Gasteiger partial charge in [-0.1, -0.05) is 0 Å². The first kappa shape index (κ1) is 11.7. The van der Waals surface area contributed by atoms with Crippen LogP contribution in [0.4, 0.5) is 0 Å². The molecule has 40 valence electrons. The first-order valence-corrected chi connectivity index (χ1v) is 2.95. The average molecular weight is 336 g/mol. The van der Waals surface area contributed by atoms with Crippen molar-refractivity contribution in [1.82, 2.24) is 0 Å². The Morgan fingerprint density at radius 3 is 1.71 bits per heavy atom. The first-order chi connectivity index (χ1) is 2.43. The Balaban J connectivity index is 0. The van der Waals surface area contributed by atoms with Crippen molar-refractivity contribution < 1.29 is 48.0 Å². The minimum atomic E-state index is 0. The molecule has 0 aromatic carbocycles. The predicted molar refractivity (Wildman–Crippen MR) is 23.3 cm³/mol. The molecule has 0 atom stereocenters. The van der Waals surface area contributed by atoms with Crippen LogP contribution in [-0.4, -0.2) is 16.3 Å². The van der Waals surface area contributed by atoms with Gasteiger partial charge in [0.25, 0.3) is 0 Å². The maximum absolute atomic E-state index is 2.76. The summed E-state index contributed by atoms with van der Waals surface area (Å²) in [5, 5.41) is 1.33. The zero-order valence-electron chi connectivity index (χ0n) is 4.03. The molecule has 1 saturated carbocycles. The smallest absolute Gasteiger partial charge is 1.00 e. The standard InChI is InChI=1S/C4H7.Al.2HI/c1-4-2-3-4;;;/h4H,1-3H2;;2*1H/q;+2;;/p-2. The van der Waals surface area contributed by atoms with E-state index in [4.69, 9.17) is 0 Å². The van der Waals surface area contributed by atoms with E-state index in [0.29, 0.717) is 0 Å². The van der Waals surface area contributed by atoms with E-state index in [2.05, 4.69) is 16.3 Å². The molecule has 0 saturated heterocycles. The molecule has 0 aliphatic heterocycles. The number of rotatable bonds is 1. The van der Waals surface area contributed by atoms with Gasteiger partial charge in [0.15, 0.2) is 0 Å². The summed E-state index contributed by atoms with van der Waals surface area (Å²) in [5.41, 5.74) is 0. The summed E-state index contributed by atoms with van der Waals surface area (Å²) in [5.74, 6) is 1.10. The monoisotopic (exact) mass is 336 g/mol. The minimum absolute atomic E-state index is 0. The molecule has 1 rings (SSSR count). The van der Waals surface area contributed by atoms with E-state index in [0.717, 1.165) is 5.92 Å². The molecular formula is C4H7AlI2. The second kappa shape index (κ2) is 6.12. The first-order valence-electron chi connectivity index (χ1n) is 2.13. The summed E-state index contributed by atoms with van der Waals surface area (Å²) in [6, 6.07) is 0. The summed E-state index contributed by atoms with van der Waals surface area (Å²) < 4.78 is 0. The molecule has 0 nitrogen and oxygen atoms in total. The Labute approximate surface area is 87.3 Å². The van der Waals surface area contributed by atoms with E-state index in [9.17, 15) is 0 Å². The third-order valence-electron chi connectivity index (χ3n) is 1.03. The van der Waals surface area contributed by atoms with Gasteiger partial charge in [-0.05, 0) is 0 Å². The molecular weight excluding hydrogens is 329 g/mol. The van der Waals surface area contributed by atoms with Crippen LogP contribution in [0.5, 0.6) is 0 Å². The molecule has 0 aromatic rings. The van der Waals surface area contributed by atoms with E-state index in [1.54, 1.807) is 0 Å². The van der Waals surface area contributed by atoms with Gasteiger partial charge in [-0.15, -0.1) is 0 Å². The largest absolute Gasteiger partial charge is 1.00 e. The fourth-order valence-corrected chi connectivity index (χ4v) is 0.825. The summed E-state index contributed by atoms with van der Waals surface area (Å²) in [4.78, 5) is 0. The number of halogens is 2. The normalized spacial score (nSPS) is 16.9. The maximum atomic E-state index is 2.76. The molecule has 0 bridgehead atoms. The molecule has 0 N–H and O–H groups in total. The zero-order valence-corrected chi connectivity index (χ0v) is 9.50. The van der Waals surface area contributed by atoms with Gasteiger partial charge in [0.1, 0.15) is 0 Å². The van der Waals surface area contributed by atoms with Gasteiger partial charge in [-0.2, -0.15) is 0 Å². The van der Waals surface area contributed by atoms with Crippen LogP contribution in [0.15, 0.2) is 0 Å². The fraction of sp³-hybridized carbons (Fsp3) is 1.00. The minimum Gasteiger partial charge on any atom is -1.00 e. The van der Waals surface area contributed by atoms with Gasteiger partial charge >= 0.3 is 40.3 Å². The van der Waals surface area contributed by atoms with Gasteiger partial charge in [0.05, 0.1) is 0 Å². The molecule has 1 fully saturated rings. The van der Waals surface area contributed by atoms with Crippen molar-refractivity contribution in [2.24, 2.45) is 5.92 Å². The summed E-state index contributed by atoms with van der Waals surface area (Å²) in [6.45, 7) is 0. The molecule has 0 aromatic heterocycles. The van der Waals surface area contributed by atoms with Crippen LogP contribution in [0.1, 0.15) is 12.8 Å². The second-order valence-corrected chi connectivity index (χ2v) is 2.15. The van der Waals surface area contributed by atoms with Crippen molar-refractivity contribution >= 4 is 16.3 Å². The van der Waals surface area contributed by atoms with Crippen molar-refractivity contribution in [3.63, 3.8) is 0 Å². The quantitative estimate of drug-likeness (QED) is 0.333. The van der Waals surface area contributed by atoms with Crippen LogP contribution in [0, 0.1) is 5.92 Å². The van der Waals surface area contributed by atoms with Crippen LogP contribution in [-0.2, 0) is 0 Å². The fourth-order valence-electron chi connectivity index (χ4n) is 0.354. The van der Waals surface area contributed by atoms with Crippen LogP contribution in [0.3, 0.4) is 0 Å². The van der Waals surface area contributed by atoms with Crippen molar-refractivity contribution in [3.8, 4) is 0 Å². The van der Waals surface area contributed by atoms with Crippen LogP contribution in [0.2, 0.25) is 5.28 Å². The molecule has 0 unspecified atom stereocenters. The Morgan fingerprint density at radius 2 is 1.71 bits per heavy atom. The molecule has 0 radical (unpaired) electrons. The van der Waals surface area contributed by atoms with E-state index in [1.165, 1.54) is 18.1 Å². The summed E-state index contributed by atoms with van der Waals surface area (Å²) in [6.07, 6.45) is 2.98. The van der Waals surface area contributed by atoms with Crippen molar-refractivity contribution in [1.29, 1.82) is 0 Å². The second-order valence-electron chi connectivity index (χ2n) is 1.68. The Bertz CT molecular complexity index is 36.7. The molecule has 0 heterocycles. The SMILES string of the molecule is [Al+2][CH2]C1CC1.[I-].[I-]. The average Bonchev–Trinajstić information content (AvgIpc) is 2.12. The predicted octanol–water partition coefficient (Wildman–Crippen LogP) is -5.01. The number of hydrogen-bond donors (Lipinski definition) is 0. The summed E-state index contributed by atoms with van der Waals surface area (Å²) >= 11 is 2.76. The molecule has 1 aliphatic carbocycles. The number of hydrogen-bond acceptors (Lipinski definition) is 0. The molecule has 7 heavy (non-hydrogen) atoms. The third kappa shape index (κ3) is 5.87. The van der Waals surface area contributed by atoms with Crippen molar-refractivity contribution in [2.75, 3.05) is 0 Å². The topological polar surface area (TPSA) is 0 Å². The molecule has 0 amide bonds. The van der Waals surface area contributed by atoms with Gasteiger partial charge in [0, 0.05) is 0 Å². The third-order valence-corrected chi connectivity index (χ3v) is 1.70. The zero-order chi connectivity index (χ0) is 3.70. The molecule has 3 heteroatoms. The van der Waals surface area contributed by atoms with Crippen molar-refractivity contribution in [3.05, 3.63) is 0 Å². The van der Waals surface area contributed by atoms with E-state index >= 15 is 0 Å². The van der Waals surface area contributed by atoms with E-state index in [1.807, 2.05) is 0 Å². The maximum Gasteiger partial charge on any atom is -1.00 e. The van der Waals surface area contributed by atoms with Crippen molar-refractivity contribution in [2.45, 2.75) is 18.1 Å². The van der Waals surface area contributed by atoms with Crippen LogP contribution in [0.25, 0.3) is 0 Å². The van der Waals surface area contributed by atoms with Gasteiger partial charge in [-0.3, -0.25) is 0 Å². The molecule has 0 spiro atoms. The Morgan fingerprint density at radius 1 is 1.29 bits per heavy atom. The van der Waals surface area contributed by atoms with Crippen LogP contribution < -0.4 is 48.0 Å². The Hall–Kier alpha value is 1.99. The van der Waals surface area contributed by atoms with Crippen LogP contribution >= 0.6 is 0 Å². The van der Waals surface area contributed by atoms with Gasteiger partial charge in [0.2, 0.25) is 0 Å². The van der Waals surface area contributed by atoms with Gasteiger partial charge in [-0.25, -0.2) is 0 Å². The molecule has 1 aliphatic rings. The summed E-state index contributed by atoms with van der Waals surface area (Å²) in [7, 11) is 0. The van der Waals surface area contributed by atoms with Gasteiger partial charge < -0.3 is 48.0 Å². The Kier molecular flexibility index (Phi) is 10.3.